The fourth-order valence-electron chi connectivity index (χ4n) is 3.70. The van der Waals surface area contributed by atoms with Crippen LogP contribution in [0.1, 0.15) is 22.6 Å². The molecular weight excluding hydrogens is 322 g/mol. The molecule has 0 saturated carbocycles. The second-order valence-electron chi connectivity index (χ2n) is 6.58. The SMILES string of the molecule is COc1cccc(-c2cnc(C(=O)NC3CC4CCN(C4)C3)s2)c1. The summed E-state index contributed by atoms with van der Waals surface area (Å²) >= 11 is 1.43. The van der Waals surface area contributed by atoms with E-state index in [-0.39, 0.29) is 11.9 Å². The van der Waals surface area contributed by atoms with Crippen molar-refractivity contribution in [1.82, 2.24) is 15.2 Å². The van der Waals surface area contributed by atoms with E-state index in [1.165, 1.54) is 30.8 Å². The van der Waals surface area contributed by atoms with Crippen LogP contribution in [0.4, 0.5) is 0 Å². The average Bonchev–Trinajstić information content (AvgIpc) is 3.22. The van der Waals surface area contributed by atoms with E-state index in [2.05, 4.69) is 15.2 Å². The fraction of sp³-hybridized carbons (Fsp3) is 0.444. The van der Waals surface area contributed by atoms with Crippen LogP contribution in [-0.2, 0) is 0 Å². The number of hydrogen-bond donors (Lipinski definition) is 1. The van der Waals surface area contributed by atoms with Crippen LogP contribution in [0.15, 0.2) is 30.5 Å². The highest BCUT2D eigenvalue weighted by Gasteiger charge is 2.33. The summed E-state index contributed by atoms with van der Waals surface area (Å²) in [5.41, 5.74) is 1.02. The number of hydrogen-bond acceptors (Lipinski definition) is 5. The molecular formula is C18H21N3O2S. The summed E-state index contributed by atoms with van der Waals surface area (Å²) in [6, 6.07) is 8.07. The lowest BCUT2D eigenvalue weighted by molar-refractivity contribution is 0.0909. The molecule has 3 unspecified atom stereocenters. The molecule has 4 rings (SSSR count). The van der Waals surface area contributed by atoms with Crippen LogP contribution in [0, 0.1) is 5.92 Å². The smallest absolute Gasteiger partial charge is 0.280 e. The lowest BCUT2D eigenvalue weighted by Gasteiger charge is -2.30. The van der Waals surface area contributed by atoms with Crippen molar-refractivity contribution in [3.8, 4) is 16.2 Å². The van der Waals surface area contributed by atoms with Crippen molar-refractivity contribution in [3.05, 3.63) is 35.5 Å². The number of nitrogens with zero attached hydrogens (tertiary/aromatic N) is 2. The zero-order valence-corrected chi connectivity index (χ0v) is 14.5. The second-order valence-corrected chi connectivity index (χ2v) is 7.61. The van der Waals surface area contributed by atoms with Gasteiger partial charge in [0.2, 0.25) is 0 Å². The highest BCUT2D eigenvalue weighted by Crippen LogP contribution is 2.30. The second kappa shape index (κ2) is 6.53. The lowest BCUT2D eigenvalue weighted by Crippen LogP contribution is -2.46. The standard InChI is InChI=1S/C18H21N3O2S/c1-23-15-4-2-3-13(8-15)16-9-19-18(24-16)17(22)20-14-7-12-5-6-21(10-12)11-14/h2-4,8-9,12,14H,5-7,10-11H2,1H3,(H,20,22). The largest absolute Gasteiger partial charge is 0.497 e. The van der Waals surface area contributed by atoms with Gasteiger partial charge in [0.05, 0.1) is 12.0 Å². The van der Waals surface area contributed by atoms with Gasteiger partial charge in [0.25, 0.3) is 5.91 Å². The summed E-state index contributed by atoms with van der Waals surface area (Å²) in [4.78, 5) is 20.3. The number of carbonyl (C=O) groups is 1. The van der Waals surface area contributed by atoms with Gasteiger partial charge in [-0.15, -0.1) is 11.3 Å². The van der Waals surface area contributed by atoms with Crippen molar-refractivity contribution in [2.24, 2.45) is 5.92 Å². The first-order valence-corrected chi connectivity index (χ1v) is 9.16. The fourth-order valence-corrected chi connectivity index (χ4v) is 4.52. The number of nitrogens with one attached hydrogen (secondary N) is 1. The number of piperidine rings is 1. The Balaban J connectivity index is 1.45. The summed E-state index contributed by atoms with van der Waals surface area (Å²) in [7, 11) is 1.65. The van der Waals surface area contributed by atoms with Gasteiger partial charge in [-0.05, 0) is 43.0 Å². The molecule has 2 bridgehead atoms. The maximum atomic E-state index is 12.5. The number of fused-ring (bicyclic) bond motifs is 2. The van der Waals surface area contributed by atoms with Gasteiger partial charge < -0.3 is 15.0 Å². The number of methoxy groups -OCH3 is 1. The zero-order valence-electron chi connectivity index (χ0n) is 13.7. The minimum absolute atomic E-state index is 0.0540. The van der Waals surface area contributed by atoms with Gasteiger partial charge >= 0.3 is 0 Å². The topological polar surface area (TPSA) is 54.5 Å². The van der Waals surface area contributed by atoms with E-state index < -0.39 is 0 Å². The number of thiazole rings is 1. The first kappa shape index (κ1) is 15.6. The monoisotopic (exact) mass is 343 g/mol. The summed E-state index contributed by atoms with van der Waals surface area (Å²) < 4.78 is 5.26. The molecule has 1 aromatic heterocycles. The van der Waals surface area contributed by atoms with Crippen LogP contribution >= 0.6 is 11.3 Å². The van der Waals surface area contributed by atoms with Gasteiger partial charge in [0, 0.05) is 25.3 Å². The normalized spacial score (nSPS) is 25.5. The molecule has 0 radical (unpaired) electrons. The Morgan fingerprint density at radius 2 is 2.33 bits per heavy atom. The molecule has 1 amide bonds. The first-order valence-electron chi connectivity index (χ1n) is 8.35. The molecule has 0 aliphatic carbocycles. The predicted octanol–water partition coefficient (Wildman–Crippen LogP) is 2.64. The lowest BCUT2D eigenvalue weighted by atomic mass is 9.97. The molecule has 3 atom stereocenters. The Morgan fingerprint density at radius 3 is 3.17 bits per heavy atom. The maximum absolute atomic E-state index is 12.5. The highest BCUT2D eigenvalue weighted by atomic mass is 32.1. The number of rotatable bonds is 4. The molecule has 2 aromatic rings. The molecule has 6 heteroatoms. The zero-order chi connectivity index (χ0) is 16.5. The van der Waals surface area contributed by atoms with E-state index in [1.54, 1.807) is 13.3 Å². The molecule has 1 aromatic carbocycles. The van der Waals surface area contributed by atoms with Gasteiger partial charge in [0.15, 0.2) is 5.01 Å². The molecule has 126 valence electrons. The van der Waals surface area contributed by atoms with E-state index >= 15 is 0 Å². The van der Waals surface area contributed by atoms with Crippen LogP contribution in [-0.4, -0.2) is 48.6 Å². The summed E-state index contributed by atoms with van der Waals surface area (Å²) in [6.45, 7) is 3.34. The van der Waals surface area contributed by atoms with Gasteiger partial charge in [-0.3, -0.25) is 4.79 Å². The third-order valence-corrected chi connectivity index (χ3v) is 5.90. The van der Waals surface area contributed by atoms with E-state index in [1.807, 2.05) is 24.3 Å². The molecule has 2 aliphatic heterocycles. The van der Waals surface area contributed by atoms with E-state index in [9.17, 15) is 4.79 Å². The number of benzene rings is 1. The maximum Gasteiger partial charge on any atom is 0.280 e. The van der Waals surface area contributed by atoms with Crippen molar-refractivity contribution in [3.63, 3.8) is 0 Å². The summed E-state index contributed by atoms with van der Waals surface area (Å²) in [5, 5.41) is 3.69. The Bertz CT molecular complexity index is 733. The van der Waals surface area contributed by atoms with E-state index in [0.717, 1.165) is 35.1 Å². The number of ether oxygens (including phenoxy) is 1. The Morgan fingerprint density at radius 1 is 1.42 bits per heavy atom. The van der Waals surface area contributed by atoms with Crippen molar-refractivity contribution >= 4 is 17.2 Å². The number of aromatic nitrogens is 1. The number of carbonyl (C=O) groups excluding carboxylic acids is 1. The van der Waals surface area contributed by atoms with Crippen LogP contribution in [0.2, 0.25) is 0 Å². The van der Waals surface area contributed by atoms with Crippen LogP contribution in [0.5, 0.6) is 5.75 Å². The number of amides is 1. The van der Waals surface area contributed by atoms with Crippen LogP contribution in [0.25, 0.3) is 10.4 Å². The van der Waals surface area contributed by atoms with Gasteiger partial charge in [0.1, 0.15) is 5.75 Å². The molecule has 2 fully saturated rings. The molecule has 2 saturated heterocycles. The summed E-state index contributed by atoms with van der Waals surface area (Å²) in [6.07, 6.45) is 4.13. The van der Waals surface area contributed by atoms with Crippen molar-refractivity contribution < 1.29 is 9.53 Å². The minimum atomic E-state index is -0.0540. The van der Waals surface area contributed by atoms with E-state index in [0.29, 0.717) is 5.01 Å². The van der Waals surface area contributed by atoms with E-state index in [4.69, 9.17) is 4.74 Å². The third kappa shape index (κ3) is 3.16. The average molecular weight is 343 g/mol. The molecule has 5 nitrogen and oxygen atoms in total. The first-order chi connectivity index (χ1) is 11.7. The van der Waals surface area contributed by atoms with Crippen molar-refractivity contribution in [1.29, 1.82) is 0 Å². The predicted molar refractivity (Wildman–Crippen MR) is 94.5 cm³/mol. The Labute approximate surface area is 145 Å². The molecule has 3 heterocycles. The highest BCUT2D eigenvalue weighted by molar-refractivity contribution is 7.17. The van der Waals surface area contributed by atoms with Crippen molar-refractivity contribution in [2.75, 3.05) is 26.7 Å². The molecule has 2 aliphatic rings. The quantitative estimate of drug-likeness (QED) is 0.927. The van der Waals surface area contributed by atoms with Gasteiger partial charge in [-0.25, -0.2) is 4.98 Å². The molecule has 1 N–H and O–H groups in total. The minimum Gasteiger partial charge on any atom is -0.497 e. The van der Waals surface area contributed by atoms with Crippen molar-refractivity contribution in [2.45, 2.75) is 18.9 Å². The van der Waals surface area contributed by atoms with Crippen LogP contribution < -0.4 is 10.1 Å². The van der Waals surface area contributed by atoms with Crippen LogP contribution in [0.3, 0.4) is 0 Å². The Kier molecular flexibility index (Phi) is 4.24. The molecule has 0 spiro atoms. The summed E-state index contributed by atoms with van der Waals surface area (Å²) in [5.74, 6) is 1.49. The van der Waals surface area contributed by atoms with Gasteiger partial charge in [-0.2, -0.15) is 0 Å². The third-order valence-electron chi connectivity index (χ3n) is 4.86. The Hall–Kier alpha value is -1.92. The molecule has 24 heavy (non-hydrogen) atoms. The van der Waals surface area contributed by atoms with Gasteiger partial charge in [-0.1, -0.05) is 12.1 Å².